The summed E-state index contributed by atoms with van der Waals surface area (Å²) in [6.07, 6.45) is 1.84. The number of amides is 1. The highest BCUT2D eigenvalue weighted by Gasteiger charge is 2.37. The van der Waals surface area contributed by atoms with E-state index in [2.05, 4.69) is 20.7 Å². The van der Waals surface area contributed by atoms with E-state index in [0.717, 1.165) is 36.8 Å². The van der Waals surface area contributed by atoms with Crippen LogP contribution < -0.4 is 10.6 Å². The smallest absolute Gasteiger partial charge is 0.352 e. The van der Waals surface area contributed by atoms with Gasteiger partial charge in [-0.25, -0.2) is 0 Å². The molecule has 11 heteroatoms. The molecule has 1 saturated carbocycles. The van der Waals surface area contributed by atoms with E-state index in [0.29, 0.717) is 19.0 Å². The molecule has 1 aliphatic heterocycles. The molecule has 164 valence electrons. The van der Waals surface area contributed by atoms with E-state index in [4.69, 9.17) is 0 Å². The Morgan fingerprint density at radius 2 is 2.00 bits per heavy atom. The molecule has 2 aliphatic rings. The van der Waals surface area contributed by atoms with Crippen LogP contribution in [-0.4, -0.2) is 52.7 Å². The van der Waals surface area contributed by atoms with Crippen LogP contribution >= 0.6 is 24.0 Å². The third-order valence-electron chi connectivity index (χ3n) is 5.39. The summed E-state index contributed by atoms with van der Waals surface area (Å²) in [5.74, 6) is 0.801. The molecule has 1 atom stereocenters. The minimum atomic E-state index is -4.50. The van der Waals surface area contributed by atoms with E-state index >= 15 is 0 Å². The molecule has 1 unspecified atom stereocenters. The number of alkyl halides is 3. The molecule has 29 heavy (non-hydrogen) atoms. The Morgan fingerprint density at radius 1 is 1.31 bits per heavy atom. The zero-order chi connectivity index (χ0) is 20.3. The van der Waals surface area contributed by atoms with Gasteiger partial charge in [0.25, 0.3) is 0 Å². The molecule has 1 aliphatic carbocycles. The molecule has 1 saturated heterocycles. The number of hydrogen-bond acceptors (Lipinski definition) is 3. The Hall–Kier alpha value is -1.53. The lowest BCUT2D eigenvalue weighted by Crippen LogP contribution is -2.45. The number of halogens is 4. The summed E-state index contributed by atoms with van der Waals surface area (Å²) < 4.78 is 40.3. The lowest BCUT2D eigenvalue weighted by molar-refractivity contribution is -0.142. The fraction of sp³-hybridized carbons (Fsp3) is 0.722. The van der Waals surface area contributed by atoms with E-state index in [1.807, 2.05) is 4.90 Å². The van der Waals surface area contributed by atoms with Gasteiger partial charge in [0.1, 0.15) is 0 Å². The van der Waals surface area contributed by atoms with Gasteiger partial charge in [-0.2, -0.15) is 18.3 Å². The Kier molecular flexibility index (Phi) is 8.18. The quantitative estimate of drug-likeness (QED) is 0.358. The fourth-order valence-corrected chi connectivity index (χ4v) is 3.98. The minimum absolute atomic E-state index is 0. The van der Waals surface area contributed by atoms with Gasteiger partial charge in [-0.1, -0.05) is 12.8 Å². The summed E-state index contributed by atoms with van der Waals surface area (Å²) in [6, 6.07) is 0.0348. The van der Waals surface area contributed by atoms with Crippen LogP contribution in [0.15, 0.2) is 11.2 Å². The number of rotatable bonds is 4. The van der Waals surface area contributed by atoms with Gasteiger partial charge < -0.3 is 15.5 Å². The zero-order valence-electron chi connectivity index (χ0n) is 16.6. The van der Waals surface area contributed by atoms with Crippen molar-refractivity contribution in [2.24, 2.45) is 18.0 Å². The molecule has 3 rings (SSSR count). The number of aryl methyl sites for hydroxylation is 1. The Labute approximate surface area is 185 Å². The van der Waals surface area contributed by atoms with Crippen molar-refractivity contribution in [1.29, 1.82) is 0 Å². The van der Waals surface area contributed by atoms with Crippen molar-refractivity contribution in [3.05, 3.63) is 17.5 Å². The maximum absolute atomic E-state index is 13.1. The summed E-state index contributed by atoms with van der Waals surface area (Å²) in [7, 11) is 3.03. The van der Waals surface area contributed by atoms with Crippen LogP contribution in [0.25, 0.3) is 0 Å². The summed E-state index contributed by atoms with van der Waals surface area (Å²) >= 11 is 0. The molecule has 2 N–H and O–H groups in total. The number of carbonyl (C=O) groups excluding carboxylic acids is 1. The van der Waals surface area contributed by atoms with Gasteiger partial charge in [0.2, 0.25) is 5.91 Å². The Bertz CT molecular complexity index is 730. The van der Waals surface area contributed by atoms with Crippen LogP contribution in [0.1, 0.15) is 43.4 Å². The normalized spacial score (nSPS) is 20.7. The fourth-order valence-electron chi connectivity index (χ4n) is 3.98. The number of nitrogens with one attached hydrogen (secondary N) is 2. The van der Waals surface area contributed by atoms with Crippen LogP contribution in [0.3, 0.4) is 0 Å². The maximum atomic E-state index is 13.1. The third kappa shape index (κ3) is 5.98. The number of hydrogen-bond donors (Lipinski definition) is 2. The molecule has 7 nitrogen and oxygen atoms in total. The van der Waals surface area contributed by atoms with E-state index in [-0.39, 0.29) is 54.0 Å². The van der Waals surface area contributed by atoms with Gasteiger partial charge in [0.05, 0.1) is 0 Å². The summed E-state index contributed by atoms with van der Waals surface area (Å²) in [5.41, 5.74) is -0.838. The Morgan fingerprint density at radius 3 is 2.62 bits per heavy atom. The van der Waals surface area contributed by atoms with E-state index in [1.54, 1.807) is 7.05 Å². The molecular weight excluding hydrogens is 500 g/mol. The van der Waals surface area contributed by atoms with Crippen LogP contribution in [-0.2, 0) is 24.6 Å². The number of aromatic nitrogens is 2. The van der Waals surface area contributed by atoms with Crippen molar-refractivity contribution in [3.63, 3.8) is 0 Å². The molecule has 1 aromatic heterocycles. The highest BCUT2D eigenvalue weighted by Crippen LogP contribution is 2.30. The molecule has 1 amide bonds. The number of carbonyl (C=O) groups is 1. The predicted octanol–water partition coefficient (Wildman–Crippen LogP) is 2.51. The first kappa shape index (κ1) is 23.7. The van der Waals surface area contributed by atoms with E-state index < -0.39 is 11.9 Å². The first-order valence-electron chi connectivity index (χ1n) is 9.63. The highest BCUT2D eigenvalue weighted by atomic mass is 127. The lowest BCUT2D eigenvalue weighted by atomic mass is 10.1. The van der Waals surface area contributed by atoms with Gasteiger partial charge in [-0.15, -0.1) is 24.0 Å². The molecule has 1 aromatic rings. The molecule has 0 radical (unpaired) electrons. The van der Waals surface area contributed by atoms with Crippen LogP contribution in [0.2, 0.25) is 0 Å². The van der Waals surface area contributed by atoms with Gasteiger partial charge >= 0.3 is 6.18 Å². The van der Waals surface area contributed by atoms with Crippen molar-refractivity contribution in [1.82, 2.24) is 25.3 Å². The standard InChI is InChI=1S/C18H27F3N6O.HI/c1-22-17(23-9-13-10-26(2)25-15(13)18(19,20)21)24-14-7-8-27(11-14)16(28)12-5-3-4-6-12;/h10,12,14H,3-9,11H2,1-2H3,(H2,22,23,24);1H. The summed E-state index contributed by atoms with van der Waals surface area (Å²) in [5, 5.41) is 9.64. The van der Waals surface area contributed by atoms with Crippen LogP contribution in [0.4, 0.5) is 13.2 Å². The average Bonchev–Trinajstić information content (AvgIpc) is 3.38. The molecule has 2 heterocycles. The number of guanidine groups is 1. The summed E-state index contributed by atoms with van der Waals surface area (Å²) in [4.78, 5) is 18.5. The number of likely N-dealkylation sites (tertiary alicyclic amines) is 1. The number of aliphatic imine (C=N–C) groups is 1. The van der Waals surface area contributed by atoms with Gasteiger partial charge in [-0.05, 0) is 19.3 Å². The highest BCUT2D eigenvalue weighted by molar-refractivity contribution is 14.0. The van der Waals surface area contributed by atoms with Crippen molar-refractivity contribution >= 4 is 35.8 Å². The van der Waals surface area contributed by atoms with E-state index in [1.165, 1.54) is 13.2 Å². The Balaban J connectivity index is 0.00000300. The van der Waals surface area contributed by atoms with Crippen molar-refractivity contribution in [2.75, 3.05) is 20.1 Å². The SMILES string of the molecule is CN=C(NCc1cn(C)nc1C(F)(F)F)NC1CCN(C(=O)C2CCCC2)C1.I. The molecule has 0 bridgehead atoms. The lowest BCUT2D eigenvalue weighted by Gasteiger charge is -2.21. The van der Waals surface area contributed by atoms with Crippen molar-refractivity contribution in [2.45, 2.75) is 50.9 Å². The van der Waals surface area contributed by atoms with Crippen LogP contribution in [0.5, 0.6) is 0 Å². The van der Waals surface area contributed by atoms with Crippen molar-refractivity contribution in [3.8, 4) is 0 Å². The monoisotopic (exact) mass is 528 g/mol. The first-order chi connectivity index (χ1) is 13.3. The van der Waals surface area contributed by atoms with Crippen molar-refractivity contribution < 1.29 is 18.0 Å². The minimum Gasteiger partial charge on any atom is -0.352 e. The second kappa shape index (κ2) is 9.98. The largest absolute Gasteiger partial charge is 0.435 e. The zero-order valence-corrected chi connectivity index (χ0v) is 19.0. The third-order valence-corrected chi connectivity index (χ3v) is 5.39. The summed E-state index contributed by atoms with van der Waals surface area (Å²) in [6.45, 7) is 1.25. The van der Waals surface area contributed by atoms with Gasteiger partial charge in [-0.3, -0.25) is 14.5 Å². The molecular formula is C18H28F3IN6O. The van der Waals surface area contributed by atoms with Gasteiger partial charge in [0, 0.05) is 57.4 Å². The maximum Gasteiger partial charge on any atom is 0.435 e. The van der Waals surface area contributed by atoms with Crippen LogP contribution in [0, 0.1) is 5.92 Å². The number of nitrogens with zero attached hydrogens (tertiary/aromatic N) is 4. The van der Waals surface area contributed by atoms with Gasteiger partial charge in [0.15, 0.2) is 11.7 Å². The first-order valence-corrected chi connectivity index (χ1v) is 9.63. The second-order valence-electron chi connectivity index (χ2n) is 7.50. The molecule has 0 aromatic carbocycles. The molecule has 0 spiro atoms. The second-order valence-corrected chi connectivity index (χ2v) is 7.50. The average molecular weight is 528 g/mol. The topological polar surface area (TPSA) is 74.6 Å². The van der Waals surface area contributed by atoms with E-state index in [9.17, 15) is 18.0 Å². The molecule has 2 fully saturated rings. The predicted molar refractivity (Wildman–Crippen MR) is 114 cm³/mol.